The Morgan fingerprint density at radius 1 is 1.12 bits per heavy atom. The van der Waals surface area contributed by atoms with E-state index in [1.807, 2.05) is 44.2 Å². The smallest absolute Gasteiger partial charge is 0.410 e. The van der Waals surface area contributed by atoms with Gasteiger partial charge in [0, 0.05) is 13.0 Å². The van der Waals surface area contributed by atoms with Crippen molar-refractivity contribution >= 4 is 46.0 Å². The van der Waals surface area contributed by atoms with Crippen LogP contribution in [0.2, 0.25) is 0 Å². The third-order valence-corrected chi connectivity index (χ3v) is 12.2. The molecule has 2 aliphatic carbocycles. The summed E-state index contributed by atoms with van der Waals surface area (Å²) in [6.45, 7) is 4.54. The first-order chi connectivity index (χ1) is 24.0. The summed E-state index contributed by atoms with van der Waals surface area (Å²) in [5, 5.41) is 4.87. The highest BCUT2D eigenvalue weighted by molar-refractivity contribution is 7.91. The maximum absolute atomic E-state index is 14.2. The van der Waals surface area contributed by atoms with Gasteiger partial charge >= 0.3 is 12.2 Å². The van der Waals surface area contributed by atoms with E-state index in [1.54, 1.807) is 4.90 Å². The molecule has 15 heteroatoms. The quantitative estimate of drug-likeness (QED) is 0.347. The summed E-state index contributed by atoms with van der Waals surface area (Å²) in [5.41, 5.74) is 1.55. The SMILES string of the molecule is CCCC[C@@H]1NC(=O)OCCCC=Cc2cccc3c2CN(C3)C(=O)O[C@@H]2C[C@@H](C(=O)N[C@]3(C(=O)NS(=O)(=O)C4CC4)C[C@H]3CC)N(C2)C1=O. The Balaban J connectivity index is 1.25. The van der Waals surface area contributed by atoms with Crippen LogP contribution in [-0.2, 0) is 47.0 Å². The summed E-state index contributed by atoms with van der Waals surface area (Å²) >= 11 is 0. The number of benzene rings is 1. The predicted molar refractivity (Wildman–Crippen MR) is 181 cm³/mol. The highest BCUT2D eigenvalue weighted by Crippen LogP contribution is 2.47. The number of nitrogens with one attached hydrogen (secondary N) is 3. The van der Waals surface area contributed by atoms with Gasteiger partial charge in [0.05, 0.1) is 24.9 Å². The van der Waals surface area contributed by atoms with E-state index >= 15 is 0 Å². The van der Waals surface area contributed by atoms with Gasteiger partial charge in [-0.3, -0.25) is 24.0 Å². The third-order valence-electron chi connectivity index (χ3n) is 10.4. The zero-order chi connectivity index (χ0) is 35.6. The summed E-state index contributed by atoms with van der Waals surface area (Å²) in [4.78, 5) is 71.0. The lowest BCUT2D eigenvalue weighted by molar-refractivity contribution is -0.141. The van der Waals surface area contributed by atoms with E-state index in [0.717, 1.165) is 23.1 Å². The monoisotopic (exact) mass is 713 g/mol. The van der Waals surface area contributed by atoms with Crippen LogP contribution in [-0.4, -0.2) is 90.3 Å². The van der Waals surface area contributed by atoms with E-state index in [2.05, 4.69) is 15.4 Å². The molecule has 1 aromatic carbocycles. The molecule has 272 valence electrons. The van der Waals surface area contributed by atoms with Gasteiger partial charge in [0.25, 0.3) is 5.91 Å². The number of sulfonamides is 1. The van der Waals surface area contributed by atoms with Crippen LogP contribution < -0.4 is 15.4 Å². The van der Waals surface area contributed by atoms with Gasteiger partial charge in [-0.05, 0) is 61.1 Å². The highest BCUT2D eigenvalue weighted by Gasteiger charge is 2.62. The predicted octanol–water partition coefficient (Wildman–Crippen LogP) is 3.09. The van der Waals surface area contributed by atoms with Crippen LogP contribution in [0.1, 0.15) is 94.7 Å². The van der Waals surface area contributed by atoms with Crippen molar-refractivity contribution in [2.45, 2.75) is 120 Å². The molecular formula is C35H47N5O9S. The molecule has 14 nitrogen and oxygen atoms in total. The summed E-state index contributed by atoms with van der Waals surface area (Å²) < 4.78 is 38.8. The van der Waals surface area contributed by atoms with Crippen molar-refractivity contribution in [1.29, 1.82) is 0 Å². The number of nitrogens with zero attached hydrogens (tertiary/aromatic N) is 2. The molecule has 1 aromatic rings. The molecule has 3 fully saturated rings. The summed E-state index contributed by atoms with van der Waals surface area (Å²) in [7, 11) is -3.86. The molecule has 1 saturated heterocycles. The number of carbonyl (C=O) groups excluding carboxylic acids is 5. The van der Waals surface area contributed by atoms with Crippen molar-refractivity contribution in [3.63, 3.8) is 0 Å². The minimum Gasteiger partial charge on any atom is -0.450 e. The molecule has 3 N–H and O–H groups in total. The molecule has 4 bridgehead atoms. The number of carbonyl (C=O) groups is 5. The Morgan fingerprint density at radius 2 is 1.92 bits per heavy atom. The molecule has 2 saturated carbocycles. The van der Waals surface area contributed by atoms with Crippen LogP contribution in [0.4, 0.5) is 9.59 Å². The Hall–Kier alpha value is -4.14. The lowest BCUT2D eigenvalue weighted by atomic mass is 10.0. The Labute approximate surface area is 292 Å². The Bertz CT molecular complexity index is 1660. The maximum atomic E-state index is 14.2. The van der Waals surface area contributed by atoms with Crippen LogP contribution in [0.5, 0.6) is 0 Å². The molecule has 0 spiro atoms. The van der Waals surface area contributed by atoms with Gasteiger partial charge in [0.2, 0.25) is 21.8 Å². The number of fused-ring (bicyclic) bond motifs is 3. The largest absolute Gasteiger partial charge is 0.450 e. The van der Waals surface area contributed by atoms with Crippen LogP contribution in [0.25, 0.3) is 6.08 Å². The standard InChI is InChI=1S/C35H47N5O9S/c1-3-5-13-28-31(42)40-20-25(17-29(40)30(41)37-35(18-24(35)4-2)32(43)38-50(46,47)26-14-15-26)49-34(45)39-19-23-12-9-11-22(27(23)21-39)10-7-6-8-16-48-33(44)36-28/h7,9-12,24-26,28-29H,3-6,8,13-21H2,1-2H3,(H,36,44)(H,37,41)(H,38,43)/t24-,25-,28+,29+,35-/m1/s1. The van der Waals surface area contributed by atoms with Gasteiger partial charge in [-0.25, -0.2) is 18.0 Å². The topological polar surface area (TPSA) is 181 Å². The lowest BCUT2D eigenvalue weighted by Crippen LogP contribution is -2.58. The minimum absolute atomic E-state index is 0.0438. The van der Waals surface area contributed by atoms with Crippen molar-refractivity contribution in [3.05, 3.63) is 41.0 Å². The van der Waals surface area contributed by atoms with Gasteiger partial charge in [-0.2, -0.15) is 0 Å². The fourth-order valence-corrected chi connectivity index (χ4v) is 8.61. The average Bonchev–Trinajstić information content (AvgIpc) is 3.98. The number of amides is 5. The third kappa shape index (κ3) is 7.62. The zero-order valence-electron chi connectivity index (χ0n) is 28.6. The minimum atomic E-state index is -3.86. The second-order valence-electron chi connectivity index (χ2n) is 14.1. The maximum Gasteiger partial charge on any atom is 0.410 e. The highest BCUT2D eigenvalue weighted by atomic mass is 32.2. The molecule has 50 heavy (non-hydrogen) atoms. The summed E-state index contributed by atoms with van der Waals surface area (Å²) in [6, 6.07) is 3.72. The fraction of sp³-hybridized carbons (Fsp3) is 0.629. The first-order valence-electron chi connectivity index (χ1n) is 17.8. The van der Waals surface area contributed by atoms with E-state index in [-0.39, 0.29) is 31.9 Å². The number of hydrogen-bond donors (Lipinski definition) is 3. The lowest BCUT2D eigenvalue weighted by Gasteiger charge is -2.29. The molecule has 6 rings (SSSR count). The number of unbranched alkanes of at least 4 members (excludes halogenated alkanes) is 1. The number of rotatable bonds is 9. The molecule has 0 aromatic heterocycles. The second kappa shape index (κ2) is 14.6. The summed E-state index contributed by atoms with van der Waals surface area (Å²) in [6.07, 6.45) is 6.35. The Morgan fingerprint density at radius 3 is 2.64 bits per heavy atom. The number of alkyl carbamates (subject to hydrolysis) is 1. The normalized spacial score (nSPS) is 28.5. The number of cyclic esters (lactones) is 1. The molecule has 3 aliphatic heterocycles. The van der Waals surface area contributed by atoms with E-state index in [4.69, 9.17) is 9.47 Å². The van der Waals surface area contributed by atoms with E-state index in [0.29, 0.717) is 58.0 Å². The van der Waals surface area contributed by atoms with Crippen molar-refractivity contribution in [1.82, 2.24) is 25.2 Å². The first-order valence-corrected chi connectivity index (χ1v) is 19.3. The van der Waals surface area contributed by atoms with Crippen molar-refractivity contribution in [2.75, 3.05) is 13.2 Å². The molecule has 3 heterocycles. The van der Waals surface area contributed by atoms with Crippen LogP contribution in [0.15, 0.2) is 24.3 Å². The first kappa shape index (κ1) is 35.7. The molecule has 5 amide bonds. The van der Waals surface area contributed by atoms with E-state index < -0.39 is 68.9 Å². The van der Waals surface area contributed by atoms with Crippen molar-refractivity contribution < 1.29 is 41.9 Å². The second-order valence-corrected chi connectivity index (χ2v) is 16.0. The van der Waals surface area contributed by atoms with Crippen LogP contribution in [0.3, 0.4) is 0 Å². The van der Waals surface area contributed by atoms with Gasteiger partial charge in [-0.15, -0.1) is 0 Å². The van der Waals surface area contributed by atoms with E-state index in [9.17, 15) is 32.4 Å². The van der Waals surface area contributed by atoms with Gasteiger partial charge in [0.1, 0.15) is 23.7 Å². The van der Waals surface area contributed by atoms with Crippen molar-refractivity contribution in [3.8, 4) is 0 Å². The number of allylic oxidation sites excluding steroid dienone is 1. The average molecular weight is 714 g/mol. The van der Waals surface area contributed by atoms with Gasteiger partial charge in [0.15, 0.2) is 0 Å². The summed E-state index contributed by atoms with van der Waals surface area (Å²) in [5.74, 6) is -2.27. The fourth-order valence-electron chi connectivity index (χ4n) is 7.25. The van der Waals surface area contributed by atoms with Gasteiger partial charge < -0.3 is 25.0 Å². The Kier molecular flexibility index (Phi) is 10.4. The zero-order valence-corrected chi connectivity index (χ0v) is 29.5. The molecule has 0 unspecified atom stereocenters. The van der Waals surface area contributed by atoms with Crippen molar-refractivity contribution in [2.24, 2.45) is 5.92 Å². The molecule has 5 aliphatic rings. The molecule has 0 radical (unpaired) electrons. The van der Waals surface area contributed by atoms with Gasteiger partial charge in [-0.1, -0.05) is 63.5 Å². The molecular weight excluding hydrogens is 666 g/mol. The molecule has 5 atom stereocenters. The van der Waals surface area contributed by atoms with E-state index in [1.165, 1.54) is 4.90 Å². The van der Waals surface area contributed by atoms with Crippen LogP contribution in [0, 0.1) is 5.92 Å². The number of ether oxygens (including phenoxy) is 2. The number of hydrogen-bond acceptors (Lipinski definition) is 9. The van der Waals surface area contributed by atoms with Crippen LogP contribution >= 0.6 is 0 Å².